The number of nitrogens with zero attached hydrogens (tertiary/aromatic N) is 1. The van der Waals surface area contributed by atoms with E-state index in [1.807, 2.05) is 19.1 Å². The highest BCUT2D eigenvalue weighted by molar-refractivity contribution is 6.31. The van der Waals surface area contributed by atoms with Crippen molar-refractivity contribution in [3.63, 3.8) is 0 Å². The third kappa shape index (κ3) is 4.47. The van der Waals surface area contributed by atoms with E-state index < -0.39 is 5.91 Å². The van der Waals surface area contributed by atoms with Gasteiger partial charge in [-0.15, -0.1) is 11.6 Å². The first-order valence-corrected chi connectivity index (χ1v) is 6.47. The molecule has 1 amide bonds. The highest BCUT2D eigenvalue weighted by Gasteiger charge is 2.08. The fourth-order valence-corrected chi connectivity index (χ4v) is 1.59. The van der Waals surface area contributed by atoms with Crippen LogP contribution in [0.5, 0.6) is 0 Å². The minimum absolute atomic E-state index is 0.0236. The lowest BCUT2D eigenvalue weighted by atomic mass is 10.2. The number of amides is 1. The fraction of sp³-hybridized carbons (Fsp3) is 0.231. The van der Waals surface area contributed by atoms with E-state index in [0.29, 0.717) is 17.4 Å². The number of nitrogens with one attached hydrogen (secondary N) is 2. The number of rotatable bonds is 5. The first kappa shape index (κ1) is 15.4. The van der Waals surface area contributed by atoms with Gasteiger partial charge in [0.25, 0.3) is 5.91 Å². The third-order valence-corrected chi connectivity index (χ3v) is 2.98. The van der Waals surface area contributed by atoms with Gasteiger partial charge in [0.15, 0.2) is 0 Å². The second kappa shape index (κ2) is 7.67. The summed E-state index contributed by atoms with van der Waals surface area (Å²) in [7, 11) is 0. The monoisotopic (exact) mass is 297 g/mol. The van der Waals surface area contributed by atoms with Crippen LogP contribution in [0.4, 0.5) is 5.69 Å². The van der Waals surface area contributed by atoms with Crippen molar-refractivity contribution >= 4 is 34.8 Å². The van der Waals surface area contributed by atoms with Gasteiger partial charge < -0.3 is 10.6 Å². The van der Waals surface area contributed by atoms with E-state index in [2.05, 4.69) is 10.6 Å². The average molecular weight is 298 g/mol. The molecule has 4 nitrogen and oxygen atoms in total. The largest absolute Gasteiger partial charge is 0.360 e. The SMILES string of the molecule is Cc1c(Cl)cccc1N/C=C(/C#N)C(=O)NCCCl. The molecule has 0 atom stereocenters. The van der Waals surface area contributed by atoms with Gasteiger partial charge in [-0.05, 0) is 24.6 Å². The summed E-state index contributed by atoms with van der Waals surface area (Å²) in [5.74, 6) is -0.166. The number of alkyl halides is 1. The molecule has 0 aliphatic heterocycles. The number of carbonyl (C=O) groups is 1. The molecular formula is C13H13Cl2N3O. The van der Waals surface area contributed by atoms with Crippen LogP contribution in [0, 0.1) is 18.3 Å². The molecule has 0 aromatic heterocycles. The van der Waals surface area contributed by atoms with Gasteiger partial charge in [-0.3, -0.25) is 4.79 Å². The number of benzene rings is 1. The molecule has 0 aliphatic carbocycles. The van der Waals surface area contributed by atoms with E-state index in [1.165, 1.54) is 6.20 Å². The van der Waals surface area contributed by atoms with Crippen LogP contribution in [-0.4, -0.2) is 18.3 Å². The second-order valence-corrected chi connectivity index (χ2v) is 4.46. The molecule has 0 spiro atoms. The molecule has 6 heteroatoms. The molecule has 0 saturated heterocycles. The Morgan fingerprint density at radius 3 is 2.89 bits per heavy atom. The molecule has 0 aliphatic rings. The highest BCUT2D eigenvalue weighted by atomic mass is 35.5. The molecule has 0 heterocycles. The number of hydrogen-bond acceptors (Lipinski definition) is 3. The first-order chi connectivity index (χ1) is 9.10. The summed E-state index contributed by atoms with van der Waals surface area (Å²) >= 11 is 11.4. The molecule has 0 radical (unpaired) electrons. The van der Waals surface area contributed by atoms with E-state index in [4.69, 9.17) is 28.5 Å². The van der Waals surface area contributed by atoms with E-state index in [9.17, 15) is 4.79 Å². The molecule has 0 saturated carbocycles. The summed E-state index contributed by atoms with van der Waals surface area (Å²) < 4.78 is 0. The lowest BCUT2D eigenvalue weighted by Gasteiger charge is -2.07. The lowest BCUT2D eigenvalue weighted by Crippen LogP contribution is -2.26. The summed E-state index contributed by atoms with van der Waals surface area (Å²) in [6.07, 6.45) is 1.35. The van der Waals surface area contributed by atoms with E-state index >= 15 is 0 Å². The Balaban J connectivity index is 2.81. The number of hydrogen-bond donors (Lipinski definition) is 2. The van der Waals surface area contributed by atoms with Crippen molar-refractivity contribution in [3.05, 3.63) is 40.6 Å². The smallest absolute Gasteiger partial charge is 0.263 e. The van der Waals surface area contributed by atoms with Crippen LogP contribution in [0.3, 0.4) is 0 Å². The Morgan fingerprint density at radius 2 is 2.26 bits per heavy atom. The van der Waals surface area contributed by atoms with Gasteiger partial charge >= 0.3 is 0 Å². The molecule has 1 aromatic rings. The highest BCUT2D eigenvalue weighted by Crippen LogP contribution is 2.22. The van der Waals surface area contributed by atoms with Crippen LogP contribution in [0.1, 0.15) is 5.56 Å². The van der Waals surface area contributed by atoms with Gasteiger partial charge in [-0.2, -0.15) is 5.26 Å². The van der Waals surface area contributed by atoms with Gasteiger partial charge in [-0.25, -0.2) is 0 Å². The van der Waals surface area contributed by atoms with Gasteiger partial charge in [0, 0.05) is 29.3 Å². The van der Waals surface area contributed by atoms with Crippen LogP contribution in [0.15, 0.2) is 30.0 Å². The Hall–Kier alpha value is -1.70. The topological polar surface area (TPSA) is 64.9 Å². The molecule has 0 bridgehead atoms. The second-order valence-electron chi connectivity index (χ2n) is 3.67. The molecule has 0 fully saturated rings. The Kier molecular flexibility index (Phi) is 6.20. The summed E-state index contributed by atoms with van der Waals surface area (Å²) in [5.41, 5.74) is 1.56. The summed E-state index contributed by atoms with van der Waals surface area (Å²) in [6.45, 7) is 2.16. The normalized spacial score (nSPS) is 10.7. The molecule has 0 unspecified atom stereocenters. The number of carbonyl (C=O) groups excluding carboxylic acids is 1. The van der Waals surface area contributed by atoms with Crippen molar-refractivity contribution in [2.24, 2.45) is 0 Å². The van der Waals surface area contributed by atoms with Crippen LogP contribution >= 0.6 is 23.2 Å². The summed E-state index contributed by atoms with van der Waals surface area (Å²) in [6, 6.07) is 7.19. The number of halogens is 2. The van der Waals surface area contributed by atoms with Crippen molar-refractivity contribution in [2.75, 3.05) is 17.7 Å². The van der Waals surface area contributed by atoms with Crippen LogP contribution in [0.25, 0.3) is 0 Å². The van der Waals surface area contributed by atoms with Gasteiger partial charge in [0.1, 0.15) is 11.6 Å². The average Bonchev–Trinajstić information content (AvgIpc) is 2.41. The Bertz CT molecular complexity index is 535. The maximum Gasteiger partial charge on any atom is 0.263 e. The Morgan fingerprint density at radius 1 is 1.53 bits per heavy atom. The number of nitriles is 1. The van der Waals surface area contributed by atoms with Crippen LogP contribution < -0.4 is 10.6 Å². The van der Waals surface area contributed by atoms with Gasteiger partial charge in [0.05, 0.1) is 0 Å². The van der Waals surface area contributed by atoms with Crippen LogP contribution in [0.2, 0.25) is 5.02 Å². The zero-order chi connectivity index (χ0) is 14.3. The predicted octanol–water partition coefficient (Wildman–Crippen LogP) is 2.82. The van der Waals surface area contributed by atoms with Crippen molar-refractivity contribution in [3.8, 4) is 6.07 Å². The third-order valence-electron chi connectivity index (χ3n) is 2.38. The maximum atomic E-state index is 11.6. The molecule has 100 valence electrons. The van der Waals surface area contributed by atoms with E-state index in [1.54, 1.807) is 12.1 Å². The van der Waals surface area contributed by atoms with Crippen molar-refractivity contribution in [1.82, 2.24) is 5.32 Å². The van der Waals surface area contributed by atoms with Gasteiger partial charge in [-0.1, -0.05) is 17.7 Å². The summed E-state index contributed by atoms with van der Waals surface area (Å²) in [4.78, 5) is 11.6. The predicted molar refractivity (Wildman–Crippen MR) is 77.2 cm³/mol. The quantitative estimate of drug-likeness (QED) is 0.499. The van der Waals surface area contributed by atoms with Crippen LogP contribution in [-0.2, 0) is 4.79 Å². The fourth-order valence-electron chi connectivity index (χ4n) is 1.32. The minimum atomic E-state index is -0.463. The van der Waals surface area contributed by atoms with Crippen molar-refractivity contribution < 1.29 is 4.79 Å². The van der Waals surface area contributed by atoms with Gasteiger partial charge in [0.2, 0.25) is 0 Å². The summed E-state index contributed by atoms with van der Waals surface area (Å²) in [5, 5.41) is 15.0. The molecular weight excluding hydrogens is 285 g/mol. The first-order valence-electron chi connectivity index (χ1n) is 5.56. The standard InChI is InChI=1S/C13H13Cl2N3O/c1-9-11(15)3-2-4-12(9)18-8-10(7-16)13(19)17-6-5-14/h2-4,8,18H,5-6H2,1H3,(H,17,19)/b10-8-. The van der Waals surface area contributed by atoms with Crippen molar-refractivity contribution in [2.45, 2.75) is 6.92 Å². The Labute approximate surface area is 122 Å². The van der Waals surface area contributed by atoms with Crippen molar-refractivity contribution in [1.29, 1.82) is 5.26 Å². The minimum Gasteiger partial charge on any atom is -0.360 e. The van der Waals surface area contributed by atoms with E-state index in [0.717, 1.165) is 11.3 Å². The van der Waals surface area contributed by atoms with E-state index in [-0.39, 0.29) is 5.57 Å². The lowest BCUT2D eigenvalue weighted by molar-refractivity contribution is -0.117. The molecule has 19 heavy (non-hydrogen) atoms. The number of anilines is 1. The maximum absolute atomic E-state index is 11.6. The zero-order valence-corrected chi connectivity index (χ0v) is 11.8. The molecule has 1 rings (SSSR count). The zero-order valence-electron chi connectivity index (χ0n) is 10.3. The molecule has 2 N–H and O–H groups in total. The molecule has 1 aromatic carbocycles.